The van der Waals surface area contributed by atoms with Crippen molar-refractivity contribution >= 4 is 21.8 Å². The highest BCUT2D eigenvalue weighted by molar-refractivity contribution is 9.10. The van der Waals surface area contributed by atoms with Crippen LogP contribution in [-0.2, 0) is 6.61 Å². The highest BCUT2D eigenvalue weighted by atomic mass is 79.9. The van der Waals surface area contributed by atoms with E-state index in [0.29, 0.717) is 5.56 Å². The molecule has 0 saturated carbocycles. The van der Waals surface area contributed by atoms with Crippen molar-refractivity contribution in [1.29, 1.82) is 0 Å². The van der Waals surface area contributed by atoms with Gasteiger partial charge in [-0.2, -0.15) is 5.10 Å². The molecule has 0 spiro atoms. The summed E-state index contributed by atoms with van der Waals surface area (Å²) < 4.78 is 32.0. The van der Waals surface area contributed by atoms with Gasteiger partial charge in [-0.05, 0) is 47.1 Å². The van der Waals surface area contributed by atoms with Gasteiger partial charge in [-0.1, -0.05) is 17.7 Å². The molecular weight excluding hydrogens is 436 g/mol. The largest absolute Gasteiger partial charge is 0.486 e. The standard InChI is InChI=1S/C19H14BrF2N3O3/c1-11-2-4-12(5-3-11)18(26)24-25-19(27)17(20)16(9-23-25)28-10-13-6-7-14(21)8-15(13)22/h2-9H,10H2,1H3,(H,24,26). The number of halogens is 3. The zero-order valence-electron chi connectivity index (χ0n) is 14.6. The molecule has 0 aliphatic rings. The minimum absolute atomic E-state index is 0.00535. The fourth-order valence-electron chi connectivity index (χ4n) is 2.26. The fraction of sp³-hybridized carbons (Fsp3) is 0.105. The van der Waals surface area contributed by atoms with Crippen LogP contribution >= 0.6 is 15.9 Å². The Morgan fingerprint density at radius 2 is 1.93 bits per heavy atom. The van der Waals surface area contributed by atoms with Crippen LogP contribution in [-0.4, -0.2) is 15.8 Å². The smallest absolute Gasteiger partial charge is 0.304 e. The monoisotopic (exact) mass is 449 g/mol. The average Bonchev–Trinajstić information content (AvgIpc) is 2.66. The van der Waals surface area contributed by atoms with Gasteiger partial charge in [-0.3, -0.25) is 9.59 Å². The van der Waals surface area contributed by atoms with Crippen molar-refractivity contribution in [3.63, 3.8) is 0 Å². The molecule has 0 aliphatic heterocycles. The number of carbonyl (C=O) groups excluding carboxylic acids is 1. The number of amides is 1. The molecule has 1 N–H and O–H groups in total. The molecule has 1 heterocycles. The summed E-state index contributed by atoms with van der Waals surface area (Å²) in [5.74, 6) is -1.92. The van der Waals surface area contributed by atoms with Crippen LogP contribution in [0.1, 0.15) is 21.5 Å². The van der Waals surface area contributed by atoms with Gasteiger partial charge in [0.2, 0.25) is 0 Å². The van der Waals surface area contributed by atoms with E-state index >= 15 is 0 Å². The molecule has 0 bridgehead atoms. The SMILES string of the molecule is Cc1ccc(C(=O)Nn2ncc(OCc3ccc(F)cc3F)c(Br)c2=O)cc1. The molecule has 9 heteroatoms. The molecule has 0 saturated heterocycles. The second-order valence-electron chi connectivity index (χ2n) is 5.87. The normalized spacial score (nSPS) is 10.6. The molecule has 0 unspecified atom stereocenters. The van der Waals surface area contributed by atoms with Crippen LogP contribution in [0.4, 0.5) is 8.78 Å². The first-order valence-electron chi connectivity index (χ1n) is 8.08. The minimum atomic E-state index is -0.761. The number of nitrogens with zero attached hydrogens (tertiary/aromatic N) is 2. The second-order valence-corrected chi connectivity index (χ2v) is 6.66. The fourth-order valence-corrected chi connectivity index (χ4v) is 2.64. The van der Waals surface area contributed by atoms with Crippen LogP contribution in [0.5, 0.6) is 5.75 Å². The Hall–Kier alpha value is -3.07. The molecule has 1 aromatic heterocycles. The predicted octanol–water partition coefficient (Wildman–Crippen LogP) is 3.56. The Balaban J connectivity index is 1.74. The first kappa shape index (κ1) is 19.7. The maximum absolute atomic E-state index is 13.7. The summed E-state index contributed by atoms with van der Waals surface area (Å²) in [7, 11) is 0. The van der Waals surface area contributed by atoms with Gasteiger partial charge >= 0.3 is 5.56 Å². The van der Waals surface area contributed by atoms with Gasteiger partial charge < -0.3 is 4.74 Å². The van der Waals surface area contributed by atoms with Crippen LogP contribution in [0.15, 0.2) is 57.9 Å². The summed E-state index contributed by atoms with van der Waals surface area (Å²) in [4.78, 5) is 25.3. The van der Waals surface area contributed by atoms with Crippen molar-refractivity contribution in [3.8, 4) is 5.75 Å². The Morgan fingerprint density at radius 1 is 1.21 bits per heavy atom. The van der Waals surface area contributed by atoms with Gasteiger partial charge in [0.1, 0.15) is 22.7 Å². The van der Waals surface area contributed by atoms with E-state index in [-0.39, 0.29) is 22.4 Å². The number of aromatic nitrogens is 2. The number of carbonyl (C=O) groups is 1. The molecule has 28 heavy (non-hydrogen) atoms. The van der Waals surface area contributed by atoms with E-state index in [2.05, 4.69) is 26.5 Å². The third kappa shape index (κ3) is 4.42. The molecule has 6 nitrogen and oxygen atoms in total. The summed E-state index contributed by atoms with van der Waals surface area (Å²) in [6, 6.07) is 9.88. The lowest BCUT2D eigenvalue weighted by atomic mass is 10.1. The van der Waals surface area contributed by atoms with E-state index in [0.717, 1.165) is 22.5 Å². The van der Waals surface area contributed by atoms with Crippen molar-refractivity contribution in [3.05, 3.63) is 91.8 Å². The summed E-state index contributed by atoms with van der Waals surface area (Å²) in [5, 5.41) is 3.83. The van der Waals surface area contributed by atoms with E-state index in [1.54, 1.807) is 24.3 Å². The zero-order valence-corrected chi connectivity index (χ0v) is 16.2. The number of benzene rings is 2. The predicted molar refractivity (Wildman–Crippen MR) is 102 cm³/mol. The summed E-state index contributed by atoms with van der Waals surface area (Å²) in [6.07, 6.45) is 1.20. The number of rotatable bonds is 5. The number of hydrogen-bond donors (Lipinski definition) is 1. The lowest BCUT2D eigenvalue weighted by Gasteiger charge is -2.11. The molecule has 0 fully saturated rings. The maximum Gasteiger partial charge on any atom is 0.304 e. The first-order chi connectivity index (χ1) is 13.3. The Kier molecular flexibility index (Phi) is 5.84. The Labute approximate surface area is 166 Å². The van der Waals surface area contributed by atoms with Crippen LogP contribution in [0.3, 0.4) is 0 Å². The van der Waals surface area contributed by atoms with E-state index < -0.39 is 23.1 Å². The van der Waals surface area contributed by atoms with Crippen molar-refractivity contribution in [2.45, 2.75) is 13.5 Å². The minimum Gasteiger partial charge on any atom is -0.486 e. The van der Waals surface area contributed by atoms with E-state index in [9.17, 15) is 18.4 Å². The van der Waals surface area contributed by atoms with Crippen LogP contribution in [0, 0.1) is 18.6 Å². The number of ether oxygens (including phenoxy) is 1. The summed E-state index contributed by atoms with van der Waals surface area (Å²) in [6.45, 7) is 1.66. The Bertz CT molecular complexity index is 1080. The van der Waals surface area contributed by atoms with E-state index in [4.69, 9.17) is 4.74 Å². The number of nitrogens with one attached hydrogen (secondary N) is 1. The lowest BCUT2D eigenvalue weighted by molar-refractivity contribution is 0.100. The quantitative estimate of drug-likeness (QED) is 0.646. The van der Waals surface area contributed by atoms with Crippen LogP contribution in [0.25, 0.3) is 0 Å². The highest BCUT2D eigenvalue weighted by Crippen LogP contribution is 2.21. The summed E-state index contributed by atoms with van der Waals surface area (Å²) in [5.41, 5.74) is 3.17. The van der Waals surface area contributed by atoms with Crippen molar-refractivity contribution in [1.82, 2.24) is 9.89 Å². The molecule has 144 valence electrons. The van der Waals surface area contributed by atoms with Gasteiger partial charge in [-0.25, -0.2) is 14.2 Å². The average molecular weight is 450 g/mol. The number of hydrogen-bond acceptors (Lipinski definition) is 4. The van der Waals surface area contributed by atoms with E-state index in [1.165, 1.54) is 12.3 Å². The van der Waals surface area contributed by atoms with Crippen molar-refractivity contribution in [2.75, 3.05) is 5.43 Å². The molecule has 3 aromatic rings. The van der Waals surface area contributed by atoms with Gasteiger partial charge in [0, 0.05) is 17.2 Å². The van der Waals surface area contributed by atoms with Gasteiger partial charge in [0.25, 0.3) is 5.91 Å². The van der Waals surface area contributed by atoms with Gasteiger partial charge in [-0.15, -0.1) is 4.79 Å². The van der Waals surface area contributed by atoms with Crippen molar-refractivity contribution < 1.29 is 18.3 Å². The van der Waals surface area contributed by atoms with E-state index in [1.807, 2.05) is 6.92 Å². The second kappa shape index (κ2) is 8.30. The zero-order chi connectivity index (χ0) is 20.3. The lowest BCUT2D eigenvalue weighted by Crippen LogP contribution is -2.35. The molecule has 0 aliphatic carbocycles. The topological polar surface area (TPSA) is 73.2 Å². The Morgan fingerprint density at radius 3 is 2.61 bits per heavy atom. The third-order valence-electron chi connectivity index (χ3n) is 3.81. The highest BCUT2D eigenvalue weighted by Gasteiger charge is 2.14. The van der Waals surface area contributed by atoms with Crippen LogP contribution in [0.2, 0.25) is 0 Å². The molecule has 3 rings (SSSR count). The molecular formula is C19H14BrF2N3O3. The molecule has 0 atom stereocenters. The maximum atomic E-state index is 13.7. The molecule has 1 amide bonds. The van der Waals surface area contributed by atoms with Gasteiger partial charge in [0.05, 0.1) is 6.20 Å². The first-order valence-corrected chi connectivity index (χ1v) is 8.87. The molecule has 2 aromatic carbocycles. The van der Waals surface area contributed by atoms with Gasteiger partial charge in [0.15, 0.2) is 5.75 Å². The third-order valence-corrected chi connectivity index (χ3v) is 4.54. The van der Waals surface area contributed by atoms with Crippen LogP contribution < -0.4 is 15.7 Å². The van der Waals surface area contributed by atoms with Crippen molar-refractivity contribution in [2.24, 2.45) is 0 Å². The summed E-state index contributed by atoms with van der Waals surface area (Å²) >= 11 is 3.09. The molecule has 0 radical (unpaired) electrons. The number of aryl methyl sites for hydroxylation is 1.